The van der Waals surface area contributed by atoms with E-state index in [1.54, 1.807) is 48.5 Å². The number of hydrogen-bond acceptors (Lipinski definition) is 3. The number of halogens is 1. The van der Waals surface area contributed by atoms with E-state index >= 15 is 0 Å². The van der Waals surface area contributed by atoms with Crippen LogP contribution in [0.5, 0.6) is 5.75 Å². The van der Waals surface area contributed by atoms with Crippen LogP contribution in [0.4, 0.5) is 5.69 Å². The minimum absolute atomic E-state index is 0.235. The van der Waals surface area contributed by atoms with E-state index in [2.05, 4.69) is 20.7 Å². The average Bonchev–Trinajstić information content (AvgIpc) is 2.49. The summed E-state index contributed by atoms with van der Waals surface area (Å²) in [5, 5.41) is 0.587. The van der Waals surface area contributed by atoms with Gasteiger partial charge in [-0.1, -0.05) is 34.1 Å². The smallest absolute Gasteiger partial charge is 0.261 e. The highest BCUT2D eigenvalue weighted by molar-refractivity contribution is 9.08. The lowest BCUT2D eigenvalue weighted by Crippen LogP contribution is -2.13. The van der Waals surface area contributed by atoms with E-state index in [9.17, 15) is 8.42 Å². The Morgan fingerprint density at radius 1 is 1.14 bits per heavy atom. The molecule has 2 aromatic rings. The molecule has 0 aliphatic carbocycles. The molecular formula is C15H16BrNO3S. The molecule has 0 fully saturated rings. The Hall–Kier alpha value is -1.53. The lowest BCUT2D eigenvalue weighted by molar-refractivity contribution is 0.338. The molecule has 0 saturated heterocycles. The van der Waals surface area contributed by atoms with E-state index in [1.807, 2.05) is 6.92 Å². The van der Waals surface area contributed by atoms with Crippen LogP contribution in [-0.4, -0.2) is 15.0 Å². The topological polar surface area (TPSA) is 55.4 Å². The monoisotopic (exact) mass is 369 g/mol. The number of hydrogen-bond donors (Lipinski definition) is 1. The highest BCUT2D eigenvalue weighted by Gasteiger charge is 2.14. The summed E-state index contributed by atoms with van der Waals surface area (Å²) in [7, 11) is -3.57. The number of nitrogens with one attached hydrogen (secondary N) is 1. The molecule has 2 aromatic carbocycles. The summed E-state index contributed by atoms with van der Waals surface area (Å²) in [6.45, 7) is 2.47. The average molecular weight is 370 g/mol. The second-order valence-electron chi connectivity index (χ2n) is 4.31. The molecule has 0 amide bonds. The fourth-order valence-electron chi connectivity index (χ4n) is 1.86. The molecule has 0 aliphatic heterocycles. The minimum atomic E-state index is -3.57. The van der Waals surface area contributed by atoms with Crippen LogP contribution in [0.25, 0.3) is 0 Å². The SMILES string of the molecule is CCOc1ccc(NS(=O)(=O)c2ccccc2)cc1CBr. The number of sulfonamides is 1. The molecule has 0 atom stereocenters. The highest BCUT2D eigenvalue weighted by Crippen LogP contribution is 2.26. The molecule has 0 spiro atoms. The fraction of sp³-hybridized carbons (Fsp3) is 0.200. The third kappa shape index (κ3) is 3.98. The van der Waals surface area contributed by atoms with E-state index in [0.717, 1.165) is 11.3 Å². The van der Waals surface area contributed by atoms with Crippen molar-refractivity contribution in [1.29, 1.82) is 0 Å². The first-order chi connectivity index (χ1) is 10.1. The molecule has 112 valence electrons. The molecule has 0 radical (unpaired) electrons. The largest absolute Gasteiger partial charge is 0.494 e. The number of benzene rings is 2. The van der Waals surface area contributed by atoms with Crippen molar-refractivity contribution in [2.75, 3.05) is 11.3 Å². The lowest BCUT2D eigenvalue weighted by Gasteiger charge is -2.12. The molecule has 0 aliphatic rings. The van der Waals surface area contributed by atoms with E-state index in [1.165, 1.54) is 0 Å². The van der Waals surface area contributed by atoms with Gasteiger partial charge in [0.25, 0.3) is 10.0 Å². The zero-order valence-corrected chi connectivity index (χ0v) is 13.9. The summed E-state index contributed by atoms with van der Waals surface area (Å²) in [6, 6.07) is 13.5. The van der Waals surface area contributed by atoms with E-state index in [4.69, 9.17) is 4.74 Å². The first kappa shape index (κ1) is 15.9. The summed E-state index contributed by atoms with van der Waals surface area (Å²) < 4.78 is 32.6. The van der Waals surface area contributed by atoms with E-state index in [0.29, 0.717) is 17.6 Å². The van der Waals surface area contributed by atoms with Crippen molar-refractivity contribution >= 4 is 31.6 Å². The zero-order valence-electron chi connectivity index (χ0n) is 11.5. The van der Waals surface area contributed by atoms with Crippen molar-refractivity contribution in [3.63, 3.8) is 0 Å². The molecule has 1 N–H and O–H groups in total. The van der Waals surface area contributed by atoms with E-state index in [-0.39, 0.29) is 4.90 Å². The number of alkyl halides is 1. The van der Waals surface area contributed by atoms with E-state index < -0.39 is 10.0 Å². The number of anilines is 1. The maximum atomic E-state index is 12.3. The Balaban J connectivity index is 2.28. The second kappa shape index (κ2) is 6.95. The Morgan fingerprint density at radius 3 is 2.48 bits per heavy atom. The molecule has 0 unspecified atom stereocenters. The standard InChI is InChI=1S/C15H16BrNO3S/c1-2-20-15-9-8-13(10-12(15)11-16)17-21(18,19)14-6-4-3-5-7-14/h3-10,17H,2,11H2,1H3. The maximum absolute atomic E-state index is 12.3. The third-order valence-corrected chi connectivity index (χ3v) is 4.81. The molecule has 0 heterocycles. The number of rotatable bonds is 6. The van der Waals surface area contributed by atoms with Crippen LogP contribution in [0.15, 0.2) is 53.4 Å². The van der Waals surface area contributed by atoms with Gasteiger partial charge in [-0.05, 0) is 37.3 Å². The molecular weight excluding hydrogens is 354 g/mol. The lowest BCUT2D eigenvalue weighted by atomic mass is 10.2. The molecule has 0 bridgehead atoms. The van der Waals surface area contributed by atoms with Gasteiger partial charge in [-0.25, -0.2) is 8.42 Å². The second-order valence-corrected chi connectivity index (χ2v) is 6.55. The summed E-state index contributed by atoms with van der Waals surface area (Å²) >= 11 is 3.38. The molecule has 2 rings (SSSR count). The summed E-state index contributed by atoms with van der Waals surface area (Å²) in [5.41, 5.74) is 1.40. The Kier molecular flexibility index (Phi) is 5.25. The van der Waals surface area contributed by atoms with Gasteiger partial charge in [0.15, 0.2) is 0 Å². The predicted molar refractivity (Wildman–Crippen MR) is 87.5 cm³/mol. The summed E-state index contributed by atoms with van der Waals surface area (Å²) in [6.07, 6.45) is 0. The first-order valence-electron chi connectivity index (χ1n) is 6.46. The van der Waals surface area contributed by atoms with Crippen molar-refractivity contribution in [3.8, 4) is 5.75 Å². The molecule has 6 heteroatoms. The molecule has 21 heavy (non-hydrogen) atoms. The highest BCUT2D eigenvalue weighted by atomic mass is 79.9. The fourth-order valence-corrected chi connectivity index (χ4v) is 3.37. The van der Waals surface area contributed by atoms with Crippen LogP contribution in [0.1, 0.15) is 12.5 Å². The van der Waals surface area contributed by atoms with Gasteiger partial charge in [0, 0.05) is 16.6 Å². The quantitative estimate of drug-likeness (QED) is 0.788. The molecule has 0 saturated carbocycles. The summed E-state index contributed by atoms with van der Waals surface area (Å²) in [4.78, 5) is 0.235. The van der Waals surface area contributed by atoms with Crippen LogP contribution < -0.4 is 9.46 Å². The Bertz CT molecular complexity index is 702. The van der Waals surface area contributed by atoms with Gasteiger partial charge in [-0.15, -0.1) is 0 Å². The Labute approximate surface area is 133 Å². The van der Waals surface area contributed by atoms with Gasteiger partial charge in [0.1, 0.15) is 5.75 Å². The van der Waals surface area contributed by atoms with Gasteiger partial charge >= 0.3 is 0 Å². The van der Waals surface area contributed by atoms with Crippen molar-refractivity contribution in [2.45, 2.75) is 17.1 Å². The van der Waals surface area contributed by atoms with Gasteiger partial charge in [0.2, 0.25) is 0 Å². The van der Waals surface area contributed by atoms with Crippen LogP contribution >= 0.6 is 15.9 Å². The minimum Gasteiger partial charge on any atom is -0.494 e. The van der Waals surface area contributed by atoms with Crippen LogP contribution in [-0.2, 0) is 15.4 Å². The van der Waals surface area contributed by atoms with Crippen molar-refractivity contribution in [3.05, 3.63) is 54.1 Å². The van der Waals surface area contributed by atoms with Crippen molar-refractivity contribution in [2.24, 2.45) is 0 Å². The first-order valence-corrected chi connectivity index (χ1v) is 9.07. The third-order valence-electron chi connectivity index (χ3n) is 2.81. The van der Waals surface area contributed by atoms with Crippen molar-refractivity contribution < 1.29 is 13.2 Å². The predicted octanol–water partition coefficient (Wildman–Crippen LogP) is 3.78. The van der Waals surface area contributed by atoms with Gasteiger partial charge in [0.05, 0.1) is 11.5 Å². The van der Waals surface area contributed by atoms with Gasteiger partial charge < -0.3 is 4.74 Å². The van der Waals surface area contributed by atoms with Crippen molar-refractivity contribution in [1.82, 2.24) is 0 Å². The van der Waals surface area contributed by atoms with Gasteiger partial charge in [-0.2, -0.15) is 0 Å². The van der Waals surface area contributed by atoms with Crippen LogP contribution in [0, 0.1) is 0 Å². The Morgan fingerprint density at radius 2 is 1.86 bits per heavy atom. The molecule has 0 aromatic heterocycles. The summed E-state index contributed by atoms with van der Waals surface area (Å²) in [5.74, 6) is 0.747. The number of ether oxygens (including phenoxy) is 1. The van der Waals surface area contributed by atoms with Crippen LogP contribution in [0.2, 0.25) is 0 Å². The molecule has 4 nitrogen and oxygen atoms in total. The zero-order chi connectivity index (χ0) is 15.3. The van der Waals surface area contributed by atoms with Gasteiger partial charge in [-0.3, -0.25) is 4.72 Å². The van der Waals surface area contributed by atoms with Crippen LogP contribution in [0.3, 0.4) is 0 Å². The normalized spacial score (nSPS) is 11.1. The maximum Gasteiger partial charge on any atom is 0.261 e.